The summed E-state index contributed by atoms with van der Waals surface area (Å²) in [6.07, 6.45) is 20.2. The van der Waals surface area contributed by atoms with Gasteiger partial charge in [-0.1, -0.05) is 55.7 Å². The predicted molar refractivity (Wildman–Crippen MR) is 141 cm³/mol. The van der Waals surface area contributed by atoms with Crippen LogP contribution >= 0.6 is 0 Å². The number of fused-ring (bicyclic) bond motifs is 1. The molecule has 0 atom stereocenters. The number of rotatable bonds is 8. The van der Waals surface area contributed by atoms with E-state index in [1.165, 1.54) is 48.8 Å². The van der Waals surface area contributed by atoms with E-state index in [-0.39, 0.29) is 0 Å². The van der Waals surface area contributed by atoms with Gasteiger partial charge in [0.15, 0.2) is 0 Å². The number of nitrogens with zero attached hydrogens (tertiary/aromatic N) is 1. The molecule has 2 aromatic carbocycles. The van der Waals surface area contributed by atoms with Crippen molar-refractivity contribution in [3.05, 3.63) is 82.2 Å². The van der Waals surface area contributed by atoms with Crippen LogP contribution in [0.3, 0.4) is 0 Å². The zero-order valence-electron chi connectivity index (χ0n) is 19.8. The second-order valence-electron chi connectivity index (χ2n) is 9.20. The SMILES string of the molecule is COc1cc(OCC2CCCCC2)ccc1/C=C/c1cc(/C=C/c2ccc3c(c2)CC=C3)n[nH]1. The molecule has 0 bridgehead atoms. The molecule has 174 valence electrons. The molecule has 0 radical (unpaired) electrons. The van der Waals surface area contributed by atoms with Crippen LogP contribution in [-0.4, -0.2) is 23.9 Å². The average Bonchev–Trinajstić information content (AvgIpc) is 3.55. The Morgan fingerprint density at radius 1 is 0.971 bits per heavy atom. The second-order valence-corrected chi connectivity index (χ2v) is 9.20. The number of hydrogen-bond donors (Lipinski definition) is 1. The maximum atomic E-state index is 6.07. The highest BCUT2D eigenvalue weighted by Gasteiger charge is 2.14. The number of nitrogens with one attached hydrogen (secondary N) is 1. The molecular formula is C30H32N2O2. The van der Waals surface area contributed by atoms with Gasteiger partial charge in [0.2, 0.25) is 0 Å². The van der Waals surface area contributed by atoms with Crippen molar-refractivity contribution >= 4 is 30.4 Å². The zero-order chi connectivity index (χ0) is 23.2. The molecule has 1 N–H and O–H groups in total. The summed E-state index contributed by atoms with van der Waals surface area (Å²) >= 11 is 0. The topological polar surface area (TPSA) is 47.1 Å². The van der Waals surface area contributed by atoms with Crippen LogP contribution in [-0.2, 0) is 6.42 Å². The Labute approximate surface area is 202 Å². The number of methoxy groups -OCH3 is 1. The van der Waals surface area contributed by atoms with Crippen molar-refractivity contribution in [1.29, 1.82) is 0 Å². The number of H-pyrrole nitrogens is 1. The van der Waals surface area contributed by atoms with E-state index in [1.807, 2.05) is 42.5 Å². The van der Waals surface area contributed by atoms with Crippen LogP contribution in [0.2, 0.25) is 0 Å². The summed E-state index contributed by atoms with van der Waals surface area (Å²) in [6.45, 7) is 0.797. The van der Waals surface area contributed by atoms with E-state index in [2.05, 4.69) is 46.6 Å². The quantitative estimate of drug-likeness (QED) is 0.390. The van der Waals surface area contributed by atoms with Gasteiger partial charge in [0.05, 0.1) is 25.1 Å². The van der Waals surface area contributed by atoms with Gasteiger partial charge < -0.3 is 9.47 Å². The number of benzene rings is 2. The highest BCUT2D eigenvalue weighted by molar-refractivity contribution is 5.75. The molecule has 0 unspecified atom stereocenters. The Kier molecular flexibility index (Phi) is 6.94. The molecule has 1 heterocycles. The van der Waals surface area contributed by atoms with E-state index < -0.39 is 0 Å². The summed E-state index contributed by atoms with van der Waals surface area (Å²) in [4.78, 5) is 0. The molecule has 2 aliphatic carbocycles. The minimum absolute atomic E-state index is 0.683. The Hall–Kier alpha value is -3.53. The normalized spacial score (nSPS) is 15.9. The summed E-state index contributed by atoms with van der Waals surface area (Å²) in [5, 5.41) is 7.51. The molecule has 3 aromatic rings. The summed E-state index contributed by atoms with van der Waals surface area (Å²) in [5.74, 6) is 2.36. The van der Waals surface area contributed by atoms with Crippen molar-refractivity contribution in [2.45, 2.75) is 38.5 Å². The van der Waals surface area contributed by atoms with E-state index in [0.29, 0.717) is 5.92 Å². The number of hydrogen-bond acceptors (Lipinski definition) is 3. The fourth-order valence-corrected chi connectivity index (χ4v) is 4.75. The lowest BCUT2D eigenvalue weighted by atomic mass is 9.90. The maximum Gasteiger partial charge on any atom is 0.129 e. The third-order valence-electron chi connectivity index (χ3n) is 6.72. The number of allylic oxidation sites excluding steroid dienone is 1. The van der Waals surface area contributed by atoms with Gasteiger partial charge in [0.25, 0.3) is 0 Å². The molecule has 5 rings (SSSR count). The molecule has 2 aliphatic rings. The Bertz CT molecular complexity index is 1210. The van der Waals surface area contributed by atoms with E-state index >= 15 is 0 Å². The van der Waals surface area contributed by atoms with Crippen LogP contribution in [0.4, 0.5) is 0 Å². The van der Waals surface area contributed by atoms with Crippen molar-refractivity contribution in [2.75, 3.05) is 13.7 Å². The summed E-state index contributed by atoms with van der Waals surface area (Å²) in [6, 6.07) is 14.7. The third-order valence-corrected chi connectivity index (χ3v) is 6.72. The fourth-order valence-electron chi connectivity index (χ4n) is 4.75. The van der Waals surface area contributed by atoms with Crippen LogP contribution in [0, 0.1) is 5.92 Å². The van der Waals surface area contributed by atoms with E-state index in [1.54, 1.807) is 7.11 Å². The highest BCUT2D eigenvalue weighted by Crippen LogP contribution is 2.29. The first-order valence-electron chi connectivity index (χ1n) is 12.3. The molecule has 0 amide bonds. The Morgan fingerprint density at radius 2 is 1.88 bits per heavy atom. The number of aromatic amines is 1. The van der Waals surface area contributed by atoms with Gasteiger partial charge in [0.1, 0.15) is 11.5 Å². The van der Waals surface area contributed by atoms with Crippen LogP contribution in [0.1, 0.15) is 65.7 Å². The van der Waals surface area contributed by atoms with Crippen LogP contribution in [0.5, 0.6) is 11.5 Å². The lowest BCUT2D eigenvalue weighted by molar-refractivity contribution is 0.208. The Balaban J connectivity index is 1.21. The van der Waals surface area contributed by atoms with Gasteiger partial charge in [-0.15, -0.1) is 0 Å². The summed E-state index contributed by atoms with van der Waals surface area (Å²) < 4.78 is 11.7. The highest BCUT2D eigenvalue weighted by atomic mass is 16.5. The van der Waals surface area contributed by atoms with Crippen LogP contribution in [0.25, 0.3) is 30.4 Å². The van der Waals surface area contributed by atoms with Gasteiger partial charge >= 0.3 is 0 Å². The van der Waals surface area contributed by atoms with Gasteiger partial charge in [-0.2, -0.15) is 5.10 Å². The molecule has 4 heteroatoms. The van der Waals surface area contributed by atoms with Crippen LogP contribution < -0.4 is 9.47 Å². The largest absolute Gasteiger partial charge is 0.496 e. The Morgan fingerprint density at radius 3 is 2.76 bits per heavy atom. The van der Waals surface area contributed by atoms with Crippen molar-refractivity contribution in [2.24, 2.45) is 5.92 Å². The van der Waals surface area contributed by atoms with Crippen molar-refractivity contribution in [3.63, 3.8) is 0 Å². The van der Waals surface area contributed by atoms with Crippen molar-refractivity contribution in [3.8, 4) is 11.5 Å². The second kappa shape index (κ2) is 10.6. The lowest BCUT2D eigenvalue weighted by Gasteiger charge is -2.21. The molecule has 1 aromatic heterocycles. The third kappa shape index (κ3) is 5.51. The summed E-state index contributed by atoms with van der Waals surface area (Å²) in [5.41, 5.74) is 6.74. The molecular weight excluding hydrogens is 420 g/mol. The average molecular weight is 453 g/mol. The minimum Gasteiger partial charge on any atom is -0.496 e. The molecule has 0 aliphatic heterocycles. The molecule has 0 spiro atoms. The first kappa shape index (κ1) is 22.3. The summed E-state index contributed by atoms with van der Waals surface area (Å²) in [7, 11) is 1.70. The maximum absolute atomic E-state index is 6.07. The van der Waals surface area contributed by atoms with E-state index in [9.17, 15) is 0 Å². The van der Waals surface area contributed by atoms with Crippen molar-refractivity contribution < 1.29 is 9.47 Å². The molecule has 1 fully saturated rings. The van der Waals surface area contributed by atoms with E-state index in [4.69, 9.17) is 9.47 Å². The van der Waals surface area contributed by atoms with Gasteiger partial charge in [0, 0.05) is 11.6 Å². The molecule has 1 saturated carbocycles. The lowest BCUT2D eigenvalue weighted by Crippen LogP contribution is -2.15. The first-order chi connectivity index (χ1) is 16.8. The van der Waals surface area contributed by atoms with Gasteiger partial charge in [-0.25, -0.2) is 0 Å². The zero-order valence-corrected chi connectivity index (χ0v) is 19.8. The van der Waals surface area contributed by atoms with E-state index in [0.717, 1.165) is 41.5 Å². The number of ether oxygens (including phenoxy) is 2. The first-order valence-corrected chi connectivity index (χ1v) is 12.3. The van der Waals surface area contributed by atoms with Crippen LogP contribution in [0.15, 0.2) is 48.5 Å². The molecule has 4 nitrogen and oxygen atoms in total. The van der Waals surface area contributed by atoms with Crippen molar-refractivity contribution in [1.82, 2.24) is 10.2 Å². The minimum atomic E-state index is 0.683. The fraction of sp³-hybridized carbons (Fsp3) is 0.300. The van der Waals surface area contributed by atoms with Gasteiger partial charge in [-0.05, 0) is 78.3 Å². The smallest absolute Gasteiger partial charge is 0.129 e. The van der Waals surface area contributed by atoms with Gasteiger partial charge in [-0.3, -0.25) is 5.10 Å². The molecule has 0 saturated heterocycles. The predicted octanol–water partition coefficient (Wildman–Crippen LogP) is 7.29. The monoisotopic (exact) mass is 452 g/mol. The number of aromatic nitrogens is 2. The standard InChI is InChI=1S/C30H32N2O2/c1-33-30-20-29(34-21-23-6-3-2-4-7-23)17-14-25(30)13-16-28-19-27(31-32-28)15-11-22-10-12-24-8-5-9-26(24)18-22/h5,8,10-20,23H,2-4,6-7,9,21H2,1H3,(H,31,32)/b15-11+,16-13+. The molecule has 34 heavy (non-hydrogen) atoms.